The van der Waals surface area contributed by atoms with Gasteiger partial charge in [-0.3, -0.25) is 9.59 Å². The topological polar surface area (TPSA) is 95.7 Å². The Morgan fingerprint density at radius 3 is 2.40 bits per heavy atom. The molecule has 0 aromatic heterocycles. The van der Waals surface area contributed by atoms with Crippen molar-refractivity contribution in [3.8, 4) is 0 Å². The number of rotatable bonds is 7. The van der Waals surface area contributed by atoms with E-state index in [0.29, 0.717) is 12.8 Å². The van der Waals surface area contributed by atoms with Gasteiger partial charge in [0.2, 0.25) is 11.8 Å². The molecule has 2 amide bonds. The second-order valence-corrected chi connectivity index (χ2v) is 4.78. The number of anilines is 1. The number of carbonyl (C=O) groups excluding carboxylic acids is 2. The van der Waals surface area contributed by atoms with Crippen LogP contribution in [0.2, 0.25) is 0 Å². The van der Waals surface area contributed by atoms with Crippen molar-refractivity contribution in [2.75, 3.05) is 25.5 Å². The maximum Gasteiger partial charge on any atom is 0.248 e. The van der Waals surface area contributed by atoms with Crippen LogP contribution in [-0.2, 0) is 16.0 Å². The van der Waals surface area contributed by atoms with E-state index in [1.807, 2.05) is 43.3 Å². The van der Waals surface area contributed by atoms with Gasteiger partial charge in [0, 0.05) is 26.2 Å². The van der Waals surface area contributed by atoms with Crippen molar-refractivity contribution >= 4 is 17.5 Å². The molecule has 4 N–H and O–H groups in total. The fourth-order valence-electron chi connectivity index (χ4n) is 1.62. The molecule has 0 aliphatic rings. The fourth-order valence-corrected chi connectivity index (χ4v) is 1.62. The lowest BCUT2D eigenvalue weighted by atomic mass is 10.1. The number of hydrogen-bond donors (Lipinski definition) is 3. The van der Waals surface area contributed by atoms with Crippen LogP contribution < -0.4 is 16.0 Å². The minimum atomic E-state index is -1.33. The predicted octanol–water partition coefficient (Wildman–Crippen LogP) is -0.352. The number of hydrogen-bond acceptors (Lipinski definition) is 4. The van der Waals surface area contributed by atoms with E-state index in [1.165, 1.54) is 0 Å². The Hall–Kier alpha value is -2.08. The summed E-state index contributed by atoms with van der Waals surface area (Å²) in [6.45, 7) is -0.145. The van der Waals surface area contributed by atoms with E-state index in [-0.39, 0.29) is 12.5 Å². The number of aliphatic hydroxyl groups is 1. The number of aliphatic hydroxyl groups excluding tert-OH is 1. The molecule has 0 saturated carbocycles. The summed E-state index contributed by atoms with van der Waals surface area (Å²) < 4.78 is 0. The van der Waals surface area contributed by atoms with Gasteiger partial charge in [0.25, 0.3) is 0 Å². The predicted molar refractivity (Wildman–Crippen MR) is 77.3 cm³/mol. The van der Waals surface area contributed by atoms with Crippen LogP contribution in [0.4, 0.5) is 5.69 Å². The summed E-state index contributed by atoms with van der Waals surface area (Å²) >= 11 is 0. The number of amides is 2. The lowest BCUT2D eigenvalue weighted by molar-refractivity contribution is -0.127. The summed E-state index contributed by atoms with van der Waals surface area (Å²) in [6, 6.07) is 7.93. The first-order chi connectivity index (χ1) is 9.40. The van der Waals surface area contributed by atoms with Crippen molar-refractivity contribution < 1.29 is 14.7 Å². The Morgan fingerprint density at radius 2 is 1.90 bits per heavy atom. The molecule has 0 heterocycles. The Bertz CT molecular complexity index is 457. The van der Waals surface area contributed by atoms with E-state index in [0.717, 1.165) is 11.3 Å². The molecule has 0 bridgehead atoms. The number of carbonyl (C=O) groups is 2. The van der Waals surface area contributed by atoms with Crippen molar-refractivity contribution in [3.63, 3.8) is 0 Å². The average molecular weight is 279 g/mol. The zero-order valence-electron chi connectivity index (χ0n) is 11.8. The molecule has 0 radical (unpaired) electrons. The molecule has 0 aliphatic carbocycles. The molecular formula is C14H21N3O3. The molecule has 0 spiro atoms. The van der Waals surface area contributed by atoms with Gasteiger partial charge in [-0.05, 0) is 24.1 Å². The van der Waals surface area contributed by atoms with Gasteiger partial charge in [-0.1, -0.05) is 12.1 Å². The maximum absolute atomic E-state index is 11.5. The number of nitrogens with zero attached hydrogens (tertiary/aromatic N) is 1. The highest BCUT2D eigenvalue weighted by atomic mass is 16.3. The number of nitrogens with two attached hydrogens (primary N) is 1. The van der Waals surface area contributed by atoms with E-state index >= 15 is 0 Å². The van der Waals surface area contributed by atoms with Crippen LogP contribution in [0, 0.1) is 0 Å². The average Bonchev–Trinajstić information content (AvgIpc) is 2.42. The zero-order valence-corrected chi connectivity index (χ0v) is 11.8. The molecule has 1 unspecified atom stereocenters. The van der Waals surface area contributed by atoms with Gasteiger partial charge in [0.15, 0.2) is 0 Å². The Kier molecular flexibility index (Phi) is 5.99. The Morgan fingerprint density at radius 1 is 1.30 bits per heavy atom. The maximum atomic E-state index is 11.5. The molecule has 6 heteroatoms. The summed E-state index contributed by atoms with van der Waals surface area (Å²) in [4.78, 5) is 24.1. The van der Waals surface area contributed by atoms with Crippen molar-refractivity contribution in [3.05, 3.63) is 29.8 Å². The molecule has 1 rings (SSSR count). The first kappa shape index (κ1) is 16.0. The lowest BCUT2D eigenvalue weighted by Gasteiger charge is -2.12. The van der Waals surface area contributed by atoms with Crippen molar-refractivity contribution in [2.24, 2.45) is 5.73 Å². The van der Waals surface area contributed by atoms with Crippen molar-refractivity contribution in [2.45, 2.75) is 18.9 Å². The number of primary amides is 1. The highest BCUT2D eigenvalue weighted by Gasteiger charge is 2.11. The molecule has 1 aromatic rings. The van der Waals surface area contributed by atoms with E-state index in [1.54, 1.807) is 0 Å². The standard InChI is InChI=1S/C14H21N3O3/c1-17(2)11-6-3-10(4-7-11)5-8-13(19)16-9-12(18)14(15)20/h3-4,6-7,12,18H,5,8-9H2,1-2H3,(H2,15,20)(H,16,19). The number of nitrogens with one attached hydrogen (secondary N) is 1. The molecule has 0 fully saturated rings. The van der Waals surface area contributed by atoms with Gasteiger partial charge in [-0.25, -0.2) is 0 Å². The third kappa shape index (κ3) is 5.27. The molecule has 0 aliphatic heterocycles. The molecule has 6 nitrogen and oxygen atoms in total. The normalized spacial score (nSPS) is 11.8. The van der Waals surface area contributed by atoms with Crippen LogP contribution in [0.5, 0.6) is 0 Å². The molecule has 0 saturated heterocycles. The van der Waals surface area contributed by atoms with Crippen LogP contribution in [0.15, 0.2) is 24.3 Å². The van der Waals surface area contributed by atoms with Crippen LogP contribution >= 0.6 is 0 Å². The van der Waals surface area contributed by atoms with Crippen molar-refractivity contribution in [1.29, 1.82) is 0 Å². The molecule has 110 valence electrons. The van der Waals surface area contributed by atoms with Gasteiger partial charge in [0.05, 0.1) is 6.54 Å². The minimum absolute atomic E-state index is 0.145. The van der Waals surface area contributed by atoms with Crippen molar-refractivity contribution in [1.82, 2.24) is 5.32 Å². The second kappa shape index (κ2) is 7.49. The van der Waals surface area contributed by atoms with Gasteiger partial charge in [-0.2, -0.15) is 0 Å². The summed E-state index contributed by atoms with van der Waals surface area (Å²) in [7, 11) is 3.93. The van der Waals surface area contributed by atoms with Crippen LogP contribution in [-0.4, -0.2) is 43.7 Å². The minimum Gasteiger partial charge on any atom is -0.381 e. The van der Waals surface area contributed by atoms with Gasteiger partial charge < -0.3 is 21.1 Å². The quantitative estimate of drug-likeness (QED) is 0.635. The van der Waals surface area contributed by atoms with E-state index in [2.05, 4.69) is 5.32 Å². The first-order valence-electron chi connectivity index (χ1n) is 6.40. The SMILES string of the molecule is CN(C)c1ccc(CCC(=O)NCC(O)C(N)=O)cc1. The van der Waals surface area contributed by atoms with Crippen LogP contribution in [0.1, 0.15) is 12.0 Å². The zero-order chi connectivity index (χ0) is 15.1. The van der Waals surface area contributed by atoms with Gasteiger partial charge >= 0.3 is 0 Å². The summed E-state index contributed by atoms with van der Waals surface area (Å²) in [6.07, 6.45) is -0.433. The van der Waals surface area contributed by atoms with Crippen LogP contribution in [0.25, 0.3) is 0 Å². The van der Waals surface area contributed by atoms with Gasteiger partial charge in [0.1, 0.15) is 6.10 Å². The number of aryl methyl sites for hydroxylation is 1. The van der Waals surface area contributed by atoms with E-state index in [4.69, 9.17) is 10.8 Å². The summed E-state index contributed by atoms with van der Waals surface area (Å²) in [5, 5.41) is 11.6. The smallest absolute Gasteiger partial charge is 0.248 e. The van der Waals surface area contributed by atoms with E-state index in [9.17, 15) is 9.59 Å². The largest absolute Gasteiger partial charge is 0.381 e. The van der Waals surface area contributed by atoms with E-state index < -0.39 is 12.0 Å². The number of benzene rings is 1. The fraction of sp³-hybridized carbons (Fsp3) is 0.429. The summed E-state index contributed by atoms with van der Waals surface area (Å²) in [5.41, 5.74) is 7.04. The first-order valence-corrected chi connectivity index (χ1v) is 6.40. The summed E-state index contributed by atoms with van der Waals surface area (Å²) in [5.74, 6) is -1.06. The second-order valence-electron chi connectivity index (χ2n) is 4.78. The Balaban J connectivity index is 2.35. The molecule has 1 atom stereocenters. The molecule has 20 heavy (non-hydrogen) atoms. The van der Waals surface area contributed by atoms with Crippen LogP contribution in [0.3, 0.4) is 0 Å². The third-order valence-electron chi connectivity index (χ3n) is 2.91. The highest BCUT2D eigenvalue weighted by Crippen LogP contribution is 2.13. The monoisotopic (exact) mass is 279 g/mol. The Labute approximate surface area is 118 Å². The highest BCUT2D eigenvalue weighted by molar-refractivity contribution is 5.81. The lowest BCUT2D eigenvalue weighted by Crippen LogP contribution is -2.40. The molecular weight excluding hydrogens is 258 g/mol. The third-order valence-corrected chi connectivity index (χ3v) is 2.91. The molecule has 1 aromatic carbocycles. The van der Waals surface area contributed by atoms with Gasteiger partial charge in [-0.15, -0.1) is 0 Å².